The topological polar surface area (TPSA) is 71.1 Å². The number of anilines is 1. The smallest absolute Gasteiger partial charge is 0.272 e. The zero-order chi connectivity index (χ0) is 14.8. The molecule has 1 saturated heterocycles. The van der Waals surface area contributed by atoms with Crippen LogP contribution in [0.3, 0.4) is 0 Å². The number of rotatable bonds is 2. The van der Waals surface area contributed by atoms with E-state index in [-0.39, 0.29) is 10.8 Å². The molecule has 0 aliphatic carbocycles. The second-order valence-corrected chi connectivity index (χ2v) is 4.90. The molecule has 3 heterocycles. The van der Waals surface area contributed by atoms with Gasteiger partial charge in [-0.25, -0.2) is 9.97 Å². The Morgan fingerprint density at radius 2 is 2.14 bits per heavy atom. The van der Waals surface area contributed by atoms with E-state index in [0.29, 0.717) is 37.7 Å². The lowest BCUT2D eigenvalue weighted by Crippen LogP contribution is -2.38. The van der Waals surface area contributed by atoms with Gasteiger partial charge < -0.3 is 14.6 Å². The highest BCUT2D eigenvalue weighted by Gasteiger charge is 2.19. The number of hydrogen-bond acceptors (Lipinski definition) is 5. The normalized spacial score (nSPS) is 15.2. The first-order valence-corrected chi connectivity index (χ1v) is 6.77. The Morgan fingerprint density at radius 3 is 2.86 bits per heavy atom. The standard InChI is InChI=1S/C13H12ClFN4O2/c14-10-12(19-3-5-21-6-4-19)17-11(18-13(10)20)8-1-2-16-9(15)7-8/h1-2,7H,3-6H2,(H,17,18,20). The molecular weight excluding hydrogens is 299 g/mol. The lowest BCUT2D eigenvalue weighted by Gasteiger charge is -2.28. The number of halogens is 2. The summed E-state index contributed by atoms with van der Waals surface area (Å²) in [5, 5.41) is 0.0233. The minimum atomic E-state index is -0.641. The Hall–Kier alpha value is -1.99. The second kappa shape index (κ2) is 5.79. The summed E-state index contributed by atoms with van der Waals surface area (Å²) in [6, 6.07) is 2.77. The summed E-state index contributed by atoms with van der Waals surface area (Å²) in [7, 11) is 0. The van der Waals surface area contributed by atoms with E-state index in [1.165, 1.54) is 12.3 Å². The Kier molecular flexibility index (Phi) is 3.85. The van der Waals surface area contributed by atoms with Crippen molar-refractivity contribution in [2.24, 2.45) is 0 Å². The Labute approximate surface area is 124 Å². The van der Waals surface area contributed by atoms with Crippen LogP contribution >= 0.6 is 11.6 Å². The highest BCUT2D eigenvalue weighted by Crippen LogP contribution is 2.23. The summed E-state index contributed by atoms with van der Waals surface area (Å²) >= 11 is 6.04. The van der Waals surface area contributed by atoms with Crippen molar-refractivity contribution in [1.29, 1.82) is 0 Å². The molecule has 6 nitrogen and oxygen atoms in total. The van der Waals surface area contributed by atoms with Crippen LogP contribution in [-0.2, 0) is 4.74 Å². The third-order valence-corrected chi connectivity index (χ3v) is 3.50. The van der Waals surface area contributed by atoms with Gasteiger partial charge in [0.1, 0.15) is 10.8 Å². The molecule has 8 heteroatoms. The van der Waals surface area contributed by atoms with Crippen molar-refractivity contribution in [3.05, 3.63) is 39.7 Å². The van der Waals surface area contributed by atoms with Gasteiger partial charge in [-0.05, 0) is 6.07 Å². The maximum atomic E-state index is 13.2. The summed E-state index contributed by atoms with van der Waals surface area (Å²) < 4.78 is 18.5. The van der Waals surface area contributed by atoms with E-state index in [4.69, 9.17) is 16.3 Å². The van der Waals surface area contributed by atoms with Crippen LogP contribution in [0.15, 0.2) is 23.1 Å². The number of aromatic amines is 1. The van der Waals surface area contributed by atoms with Crippen molar-refractivity contribution in [3.63, 3.8) is 0 Å². The zero-order valence-corrected chi connectivity index (χ0v) is 11.7. The van der Waals surface area contributed by atoms with Crippen molar-refractivity contribution in [2.75, 3.05) is 31.2 Å². The molecule has 2 aromatic heterocycles. The molecule has 0 saturated carbocycles. The number of morpholine rings is 1. The van der Waals surface area contributed by atoms with E-state index in [2.05, 4.69) is 15.0 Å². The maximum absolute atomic E-state index is 13.2. The second-order valence-electron chi connectivity index (χ2n) is 4.52. The third-order valence-electron chi connectivity index (χ3n) is 3.16. The van der Waals surface area contributed by atoms with Gasteiger partial charge in [-0.15, -0.1) is 0 Å². The average Bonchev–Trinajstić information content (AvgIpc) is 2.51. The van der Waals surface area contributed by atoms with Crippen LogP contribution in [0.1, 0.15) is 0 Å². The van der Waals surface area contributed by atoms with Gasteiger partial charge in [0, 0.05) is 30.9 Å². The number of H-pyrrole nitrogens is 1. The van der Waals surface area contributed by atoms with Crippen LogP contribution in [0, 0.1) is 5.95 Å². The molecule has 2 aromatic rings. The predicted molar refractivity (Wildman–Crippen MR) is 76.1 cm³/mol. The molecule has 0 spiro atoms. The van der Waals surface area contributed by atoms with E-state index >= 15 is 0 Å². The van der Waals surface area contributed by atoms with Crippen LogP contribution in [0.2, 0.25) is 5.02 Å². The third kappa shape index (κ3) is 2.88. The minimum Gasteiger partial charge on any atom is -0.378 e. The van der Waals surface area contributed by atoms with Crippen LogP contribution in [0.4, 0.5) is 10.2 Å². The number of hydrogen-bond donors (Lipinski definition) is 1. The molecule has 1 fully saturated rings. The molecule has 1 aliphatic rings. The molecular formula is C13H12ClFN4O2. The molecule has 110 valence electrons. The zero-order valence-electron chi connectivity index (χ0n) is 11.0. The Morgan fingerprint density at radius 1 is 1.38 bits per heavy atom. The largest absolute Gasteiger partial charge is 0.378 e. The molecule has 21 heavy (non-hydrogen) atoms. The van der Waals surface area contributed by atoms with Crippen molar-refractivity contribution in [1.82, 2.24) is 15.0 Å². The summed E-state index contributed by atoms with van der Waals surface area (Å²) in [5.41, 5.74) is -0.0221. The molecule has 0 aromatic carbocycles. The number of nitrogens with one attached hydrogen (secondary N) is 1. The fourth-order valence-electron chi connectivity index (χ4n) is 2.12. The van der Waals surface area contributed by atoms with E-state index in [1.54, 1.807) is 6.07 Å². The molecule has 1 aliphatic heterocycles. The minimum absolute atomic E-state index is 0.0233. The van der Waals surface area contributed by atoms with Gasteiger partial charge in [0.05, 0.1) is 13.2 Å². The molecule has 0 bridgehead atoms. The van der Waals surface area contributed by atoms with Gasteiger partial charge in [0.15, 0.2) is 5.82 Å². The fraction of sp³-hybridized carbons (Fsp3) is 0.308. The summed E-state index contributed by atoms with van der Waals surface area (Å²) in [5.74, 6) is 0.00107. The van der Waals surface area contributed by atoms with Crippen molar-refractivity contribution in [3.8, 4) is 11.4 Å². The van der Waals surface area contributed by atoms with Crippen molar-refractivity contribution in [2.45, 2.75) is 0 Å². The first kappa shape index (κ1) is 14.0. The van der Waals surface area contributed by atoms with E-state index in [1.807, 2.05) is 4.90 Å². The number of pyridine rings is 1. The van der Waals surface area contributed by atoms with Gasteiger partial charge in [0.2, 0.25) is 5.95 Å². The van der Waals surface area contributed by atoms with Crippen LogP contribution < -0.4 is 10.5 Å². The highest BCUT2D eigenvalue weighted by atomic mass is 35.5. The van der Waals surface area contributed by atoms with Crippen molar-refractivity contribution < 1.29 is 9.13 Å². The summed E-state index contributed by atoms with van der Waals surface area (Å²) in [6.07, 6.45) is 1.31. The molecule has 0 amide bonds. The van der Waals surface area contributed by atoms with Gasteiger partial charge in [-0.2, -0.15) is 4.39 Å². The lowest BCUT2D eigenvalue weighted by atomic mass is 10.2. The van der Waals surface area contributed by atoms with Gasteiger partial charge in [0.25, 0.3) is 5.56 Å². The number of aromatic nitrogens is 3. The summed E-state index contributed by atoms with van der Waals surface area (Å²) in [4.78, 5) is 24.2. The van der Waals surface area contributed by atoms with E-state index < -0.39 is 11.5 Å². The van der Waals surface area contributed by atoms with Crippen LogP contribution in [0.25, 0.3) is 11.4 Å². The maximum Gasteiger partial charge on any atom is 0.272 e. The van der Waals surface area contributed by atoms with Crippen molar-refractivity contribution >= 4 is 17.4 Å². The van der Waals surface area contributed by atoms with Gasteiger partial charge in [-0.1, -0.05) is 11.6 Å². The summed E-state index contributed by atoms with van der Waals surface area (Å²) in [6.45, 7) is 2.29. The molecule has 0 radical (unpaired) electrons. The first-order valence-electron chi connectivity index (χ1n) is 6.39. The Balaban J connectivity index is 2.07. The monoisotopic (exact) mass is 310 g/mol. The molecule has 1 N–H and O–H groups in total. The molecule has 0 unspecified atom stereocenters. The lowest BCUT2D eigenvalue weighted by molar-refractivity contribution is 0.122. The Bertz CT molecular complexity index is 716. The van der Waals surface area contributed by atoms with E-state index in [0.717, 1.165) is 0 Å². The van der Waals surface area contributed by atoms with E-state index in [9.17, 15) is 9.18 Å². The average molecular weight is 311 g/mol. The van der Waals surface area contributed by atoms with Crippen LogP contribution in [0.5, 0.6) is 0 Å². The van der Waals surface area contributed by atoms with Gasteiger partial charge >= 0.3 is 0 Å². The van der Waals surface area contributed by atoms with Gasteiger partial charge in [-0.3, -0.25) is 4.79 Å². The predicted octanol–water partition coefficient (Wildman–Crippen LogP) is 1.46. The number of ether oxygens (including phenoxy) is 1. The van der Waals surface area contributed by atoms with Crippen LogP contribution in [-0.4, -0.2) is 41.3 Å². The molecule has 0 atom stereocenters. The SMILES string of the molecule is O=c1[nH]c(-c2ccnc(F)c2)nc(N2CCOCC2)c1Cl. The quantitative estimate of drug-likeness (QED) is 0.850. The highest BCUT2D eigenvalue weighted by molar-refractivity contribution is 6.32. The number of nitrogens with zero attached hydrogens (tertiary/aromatic N) is 3. The molecule has 3 rings (SSSR count). The fourth-order valence-corrected chi connectivity index (χ4v) is 2.33. The first-order chi connectivity index (χ1) is 10.1.